The lowest BCUT2D eigenvalue weighted by atomic mass is 9.89. The average Bonchev–Trinajstić information content (AvgIpc) is 3.20. The number of unbranched alkanes of at least 4 members (excludes halogenated alkanes) is 7. The van der Waals surface area contributed by atoms with E-state index in [9.17, 15) is 0 Å². The second kappa shape index (κ2) is 15.4. The first kappa shape index (κ1) is 23.8. The van der Waals surface area contributed by atoms with Crippen LogP contribution in [0.3, 0.4) is 0 Å². The van der Waals surface area contributed by atoms with E-state index in [0.29, 0.717) is 12.0 Å². The van der Waals surface area contributed by atoms with Crippen LogP contribution in [-0.2, 0) is 0 Å². The lowest BCUT2D eigenvalue weighted by Crippen LogP contribution is -2.15. The molecule has 29 heavy (non-hydrogen) atoms. The van der Waals surface area contributed by atoms with Gasteiger partial charge in [-0.15, -0.1) is 0 Å². The fraction of sp³-hybridized carbons (Fsp3) is 0.643. The fourth-order valence-corrected chi connectivity index (χ4v) is 4.37. The Hall–Kier alpha value is -1.50. The van der Waals surface area contributed by atoms with Gasteiger partial charge in [-0.2, -0.15) is 0 Å². The van der Waals surface area contributed by atoms with Gasteiger partial charge in [0.15, 0.2) is 0 Å². The lowest BCUT2D eigenvalue weighted by Gasteiger charge is -2.18. The van der Waals surface area contributed by atoms with Crippen LogP contribution in [0.5, 0.6) is 5.75 Å². The third kappa shape index (κ3) is 10.2. The number of benzene rings is 1. The molecule has 1 unspecified atom stereocenters. The summed E-state index contributed by atoms with van der Waals surface area (Å²) in [5, 5.41) is 0. The predicted molar refractivity (Wildman–Crippen MR) is 127 cm³/mol. The zero-order valence-corrected chi connectivity index (χ0v) is 19.0. The summed E-state index contributed by atoms with van der Waals surface area (Å²) in [6.07, 6.45) is 27.2. The van der Waals surface area contributed by atoms with Crippen LogP contribution in [0, 0.1) is 11.8 Å². The average molecular weight is 397 g/mol. The van der Waals surface area contributed by atoms with E-state index in [4.69, 9.17) is 4.74 Å². The van der Waals surface area contributed by atoms with Crippen molar-refractivity contribution < 1.29 is 4.74 Å². The first-order valence-electron chi connectivity index (χ1n) is 12.4. The molecule has 0 aromatic heterocycles. The van der Waals surface area contributed by atoms with Gasteiger partial charge in [0, 0.05) is 0 Å². The first-order chi connectivity index (χ1) is 14.3. The van der Waals surface area contributed by atoms with Crippen molar-refractivity contribution in [3.8, 4) is 5.75 Å². The highest BCUT2D eigenvalue weighted by Gasteiger charge is 2.19. The van der Waals surface area contributed by atoms with Gasteiger partial charge in [0.25, 0.3) is 0 Å². The predicted octanol–water partition coefficient (Wildman–Crippen LogP) is 8.90. The van der Waals surface area contributed by atoms with Crippen LogP contribution in [0.15, 0.2) is 54.6 Å². The molecule has 1 nitrogen and oxygen atoms in total. The van der Waals surface area contributed by atoms with E-state index >= 15 is 0 Å². The molecule has 0 fully saturated rings. The van der Waals surface area contributed by atoms with Crippen LogP contribution >= 0.6 is 0 Å². The van der Waals surface area contributed by atoms with E-state index in [1.54, 1.807) is 0 Å². The third-order valence-electron chi connectivity index (χ3n) is 6.28. The van der Waals surface area contributed by atoms with E-state index in [-0.39, 0.29) is 0 Å². The minimum atomic E-state index is 0.364. The van der Waals surface area contributed by atoms with Crippen LogP contribution < -0.4 is 4.74 Å². The maximum atomic E-state index is 6.12. The molecular formula is C28H44O. The van der Waals surface area contributed by atoms with Crippen LogP contribution in [0.1, 0.15) is 97.3 Å². The van der Waals surface area contributed by atoms with Crippen molar-refractivity contribution in [2.45, 2.75) is 103 Å². The minimum absolute atomic E-state index is 0.364. The monoisotopic (exact) mass is 396 g/mol. The lowest BCUT2D eigenvalue weighted by molar-refractivity contribution is 0.182. The van der Waals surface area contributed by atoms with Gasteiger partial charge < -0.3 is 4.74 Å². The van der Waals surface area contributed by atoms with Gasteiger partial charge in [-0.05, 0) is 68.9 Å². The molecule has 1 aromatic carbocycles. The second-order valence-corrected chi connectivity index (χ2v) is 8.73. The maximum Gasteiger partial charge on any atom is 0.119 e. The molecule has 0 radical (unpaired) electrons. The number of allylic oxidation sites excluding steroid dienone is 4. The highest BCUT2D eigenvalue weighted by atomic mass is 16.5. The number of para-hydroxylation sites is 1. The number of ether oxygens (including phenoxy) is 1. The van der Waals surface area contributed by atoms with Crippen LogP contribution in [0.4, 0.5) is 0 Å². The van der Waals surface area contributed by atoms with Crippen molar-refractivity contribution in [2.24, 2.45) is 11.8 Å². The van der Waals surface area contributed by atoms with E-state index in [0.717, 1.165) is 18.1 Å². The molecule has 0 saturated carbocycles. The smallest absolute Gasteiger partial charge is 0.119 e. The third-order valence-corrected chi connectivity index (χ3v) is 6.28. The summed E-state index contributed by atoms with van der Waals surface area (Å²) < 4.78 is 6.12. The van der Waals surface area contributed by atoms with Crippen LogP contribution in [-0.4, -0.2) is 6.10 Å². The highest BCUT2D eigenvalue weighted by molar-refractivity contribution is 5.21. The molecule has 0 bridgehead atoms. The van der Waals surface area contributed by atoms with E-state index < -0.39 is 0 Å². The molecule has 0 saturated heterocycles. The van der Waals surface area contributed by atoms with Gasteiger partial charge in [0.2, 0.25) is 0 Å². The summed E-state index contributed by atoms with van der Waals surface area (Å²) in [5.41, 5.74) is 0. The van der Waals surface area contributed by atoms with Crippen LogP contribution in [0.2, 0.25) is 0 Å². The highest BCUT2D eigenvalue weighted by Crippen LogP contribution is 2.31. The molecule has 0 spiro atoms. The quantitative estimate of drug-likeness (QED) is 0.200. The summed E-state index contributed by atoms with van der Waals surface area (Å²) in [5.74, 6) is 2.56. The summed E-state index contributed by atoms with van der Waals surface area (Å²) in [6.45, 7) is 4.52. The van der Waals surface area contributed by atoms with E-state index in [2.05, 4.69) is 62.4 Å². The normalized spacial score (nSPS) is 19.8. The fourth-order valence-electron chi connectivity index (χ4n) is 4.37. The molecule has 162 valence electrons. The summed E-state index contributed by atoms with van der Waals surface area (Å²) in [6, 6.07) is 10.3. The number of hydrogen-bond acceptors (Lipinski definition) is 1. The number of rotatable bonds is 16. The molecule has 0 amide bonds. The van der Waals surface area contributed by atoms with Crippen LogP contribution in [0.25, 0.3) is 0 Å². The van der Waals surface area contributed by atoms with Gasteiger partial charge in [0.05, 0.1) is 6.10 Å². The second-order valence-electron chi connectivity index (χ2n) is 8.73. The summed E-state index contributed by atoms with van der Waals surface area (Å²) in [4.78, 5) is 0. The Bertz CT molecular complexity index is 559. The Morgan fingerprint density at radius 2 is 1.76 bits per heavy atom. The molecule has 1 aromatic rings. The Balaban J connectivity index is 1.53. The van der Waals surface area contributed by atoms with Crippen molar-refractivity contribution >= 4 is 0 Å². The zero-order chi connectivity index (χ0) is 20.6. The maximum absolute atomic E-state index is 6.12. The molecule has 1 aliphatic carbocycles. The molecule has 3 atom stereocenters. The minimum Gasteiger partial charge on any atom is -0.490 e. The van der Waals surface area contributed by atoms with E-state index in [1.807, 2.05) is 6.07 Å². The van der Waals surface area contributed by atoms with Crippen molar-refractivity contribution in [1.29, 1.82) is 0 Å². The van der Waals surface area contributed by atoms with Gasteiger partial charge >= 0.3 is 0 Å². The van der Waals surface area contributed by atoms with Crippen molar-refractivity contribution in [3.63, 3.8) is 0 Å². The molecule has 0 aliphatic heterocycles. The van der Waals surface area contributed by atoms with E-state index in [1.165, 1.54) is 77.0 Å². The summed E-state index contributed by atoms with van der Waals surface area (Å²) >= 11 is 0. The van der Waals surface area contributed by atoms with Gasteiger partial charge in [-0.1, -0.05) is 94.9 Å². The summed E-state index contributed by atoms with van der Waals surface area (Å²) in [7, 11) is 0. The number of hydrogen-bond donors (Lipinski definition) is 0. The zero-order valence-electron chi connectivity index (χ0n) is 19.0. The SMILES string of the molecule is CCCCCC/C=C/[C@H]1C=CC[C@@H]1CCCCCCC(CC)Oc1ccccc1. The Morgan fingerprint density at radius 1 is 0.966 bits per heavy atom. The van der Waals surface area contributed by atoms with Gasteiger partial charge in [-0.25, -0.2) is 0 Å². The Morgan fingerprint density at radius 3 is 2.55 bits per heavy atom. The van der Waals surface area contributed by atoms with Gasteiger partial charge in [0.1, 0.15) is 5.75 Å². The topological polar surface area (TPSA) is 9.23 Å². The molecule has 0 N–H and O–H groups in total. The largest absolute Gasteiger partial charge is 0.490 e. The molecule has 1 heteroatoms. The van der Waals surface area contributed by atoms with Crippen molar-refractivity contribution in [3.05, 3.63) is 54.6 Å². The Kier molecular flexibility index (Phi) is 12.6. The van der Waals surface area contributed by atoms with Crippen molar-refractivity contribution in [2.75, 3.05) is 0 Å². The molecule has 1 aliphatic rings. The standard InChI is InChI=1S/C28H44O/c1-3-5-6-7-8-12-18-25-20-17-21-26(25)19-13-9-10-14-22-27(4-2)29-28-23-15-11-16-24-28/h11-12,15-18,20,23-27H,3-10,13-14,19,21-22H2,1-2H3/b18-12+/t25-,26-,27?/m0/s1. The molecule has 0 heterocycles. The molecular weight excluding hydrogens is 352 g/mol. The Labute approximate surface area is 180 Å². The van der Waals surface area contributed by atoms with Crippen molar-refractivity contribution in [1.82, 2.24) is 0 Å². The molecule has 2 rings (SSSR count). The first-order valence-corrected chi connectivity index (χ1v) is 12.4. The van der Waals surface area contributed by atoms with Gasteiger partial charge in [-0.3, -0.25) is 0 Å².